The van der Waals surface area contributed by atoms with Gasteiger partial charge in [0.05, 0.1) is 16.6 Å². The van der Waals surface area contributed by atoms with Crippen molar-refractivity contribution < 1.29 is 5.11 Å². The van der Waals surface area contributed by atoms with Gasteiger partial charge in [0.2, 0.25) is 0 Å². The summed E-state index contributed by atoms with van der Waals surface area (Å²) in [7, 11) is 6.44. The highest BCUT2D eigenvalue weighted by Gasteiger charge is 2.49. The Kier molecular flexibility index (Phi) is 3.69. The van der Waals surface area contributed by atoms with Crippen LogP contribution in [0.2, 0.25) is 0 Å². The fourth-order valence-electron chi connectivity index (χ4n) is 4.58. The van der Waals surface area contributed by atoms with E-state index in [0.29, 0.717) is 0 Å². The van der Waals surface area contributed by atoms with Gasteiger partial charge in [0.15, 0.2) is 6.35 Å². The maximum atomic E-state index is 9.79. The summed E-state index contributed by atoms with van der Waals surface area (Å²) in [4.78, 5) is 7.33. The van der Waals surface area contributed by atoms with Crippen molar-refractivity contribution in [2.24, 2.45) is 7.05 Å². The van der Waals surface area contributed by atoms with E-state index >= 15 is 0 Å². The highest BCUT2D eigenvalue weighted by molar-refractivity contribution is 5.76. The summed E-state index contributed by atoms with van der Waals surface area (Å²) in [5.74, 6) is 1.15. The quantitative estimate of drug-likeness (QED) is 0.770. The molecule has 2 fully saturated rings. The molecule has 1 aromatic heterocycles. The molecule has 1 spiro atoms. The molecule has 1 aliphatic heterocycles. The number of benzene rings is 1. The number of para-hydroxylation sites is 2. The van der Waals surface area contributed by atoms with Gasteiger partial charge >= 0.3 is 0 Å². The molecule has 1 atom stereocenters. The molecule has 0 radical (unpaired) electrons. The molecule has 0 amide bonds. The first-order valence-corrected chi connectivity index (χ1v) is 8.74. The lowest BCUT2D eigenvalue weighted by Gasteiger charge is -2.47. The lowest BCUT2D eigenvalue weighted by Crippen LogP contribution is -2.55. The van der Waals surface area contributed by atoms with Crippen LogP contribution in [0, 0.1) is 0 Å². The third kappa shape index (κ3) is 2.29. The van der Waals surface area contributed by atoms with Gasteiger partial charge in [-0.25, -0.2) is 4.98 Å². The van der Waals surface area contributed by atoms with Crippen LogP contribution in [-0.4, -0.2) is 52.1 Å². The maximum absolute atomic E-state index is 9.79. The number of nitrogens with one attached hydrogen (secondary N) is 2. The number of nitrogens with zero attached hydrogens (tertiary/aromatic N) is 3. The van der Waals surface area contributed by atoms with E-state index in [2.05, 4.69) is 59.4 Å². The van der Waals surface area contributed by atoms with E-state index in [0.717, 1.165) is 43.6 Å². The molecule has 2 aromatic rings. The zero-order valence-corrected chi connectivity index (χ0v) is 14.7. The molecule has 1 unspecified atom stereocenters. The third-order valence-electron chi connectivity index (χ3n) is 6.17. The van der Waals surface area contributed by atoms with Gasteiger partial charge in [0.25, 0.3) is 0 Å². The summed E-state index contributed by atoms with van der Waals surface area (Å²) >= 11 is 0. The maximum Gasteiger partial charge on any atom is 0.161 e. The third-order valence-corrected chi connectivity index (χ3v) is 6.17. The van der Waals surface area contributed by atoms with Crippen molar-refractivity contribution in [1.29, 1.82) is 0 Å². The molecule has 3 N–H and O–H groups in total. The number of aliphatic hydroxyl groups is 1. The van der Waals surface area contributed by atoms with Crippen LogP contribution in [0.5, 0.6) is 0 Å². The van der Waals surface area contributed by atoms with Crippen molar-refractivity contribution in [2.75, 3.05) is 20.6 Å². The first-order chi connectivity index (χ1) is 11.5. The molecule has 6 nitrogen and oxygen atoms in total. The van der Waals surface area contributed by atoms with E-state index in [1.165, 1.54) is 5.52 Å². The van der Waals surface area contributed by atoms with E-state index < -0.39 is 6.35 Å². The fraction of sp³-hybridized carbons (Fsp3) is 0.611. The van der Waals surface area contributed by atoms with Crippen molar-refractivity contribution in [3.8, 4) is 0 Å². The van der Waals surface area contributed by atoms with Crippen molar-refractivity contribution in [3.05, 3.63) is 30.1 Å². The number of aryl methyl sites for hydroxylation is 1. The Morgan fingerprint density at radius 3 is 2.50 bits per heavy atom. The van der Waals surface area contributed by atoms with Crippen molar-refractivity contribution in [3.63, 3.8) is 0 Å². The summed E-state index contributed by atoms with van der Waals surface area (Å²) in [5, 5.41) is 16.2. The minimum atomic E-state index is -0.576. The minimum Gasteiger partial charge on any atom is -0.365 e. The molecule has 1 aliphatic carbocycles. The average molecular weight is 329 g/mol. The summed E-state index contributed by atoms with van der Waals surface area (Å²) in [5.41, 5.74) is 2.20. The fourth-order valence-corrected chi connectivity index (χ4v) is 4.58. The molecule has 130 valence electrons. The first kappa shape index (κ1) is 16.0. The smallest absolute Gasteiger partial charge is 0.161 e. The van der Waals surface area contributed by atoms with Crippen LogP contribution >= 0.6 is 0 Å². The summed E-state index contributed by atoms with van der Waals surface area (Å²) in [6.45, 7) is 0.834. The Morgan fingerprint density at radius 1 is 1.21 bits per heavy atom. The summed E-state index contributed by atoms with van der Waals surface area (Å²) in [6, 6.07) is 8.35. The van der Waals surface area contributed by atoms with E-state index in [4.69, 9.17) is 4.98 Å². The number of fused-ring (bicyclic) bond motifs is 1. The highest BCUT2D eigenvalue weighted by Crippen LogP contribution is 2.45. The molecule has 4 rings (SSSR count). The Labute approximate surface area is 142 Å². The zero-order valence-electron chi connectivity index (χ0n) is 14.7. The van der Waals surface area contributed by atoms with Gasteiger partial charge < -0.3 is 9.67 Å². The van der Waals surface area contributed by atoms with E-state index in [-0.39, 0.29) is 11.1 Å². The number of hydrogen-bond donors (Lipinski definition) is 3. The number of hydrogen-bond acceptors (Lipinski definition) is 5. The molecule has 6 heteroatoms. The predicted octanol–water partition coefficient (Wildman–Crippen LogP) is 1.11. The van der Waals surface area contributed by atoms with Crippen molar-refractivity contribution >= 4 is 11.0 Å². The second kappa shape index (κ2) is 5.52. The largest absolute Gasteiger partial charge is 0.365 e. The van der Waals surface area contributed by atoms with Crippen LogP contribution in [0.3, 0.4) is 0 Å². The van der Waals surface area contributed by atoms with Crippen LogP contribution in [0.25, 0.3) is 11.0 Å². The van der Waals surface area contributed by atoms with Crippen LogP contribution < -0.4 is 10.6 Å². The van der Waals surface area contributed by atoms with Crippen LogP contribution in [0.4, 0.5) is 0 Å². The molecule has 24 heavy (non-hydrogen) atoms. The van der Waals surface area contributed by atoms with Crippen molar-refractivity contribution in [2.45, 2.75) is 43.1 Å². The van der Waals surface area contributed by atoms with E-state index in [1.54, 1.807) is 0 Å². The van der Waals surface area contributed by atoms with Gasteiger partial charge in [0.1, 0.15) is 5.82 Å². The normalized spacial score (nSPS) is 33.8. The molecule has 2 aliphatic rings. The summed E-state index contributed by atoms with van der Waals surface area (Å²) in [6.07, 6.45) is 3.53. The Hall–Kier alpha value is -1.47. The van der Waals surface area contributed by atoms with Crippen LogP contribution in [-0.2, 0) is 12.6 Å². The lowest BCUT2D eigenvalue weighted by molar-refractivity contribution is 0.0427. The Bertz CT molecular complexity index is 745. The zero-order chi connectivity index (χ0) is 16.9. The van der Waals surface area contributed by atoms with Gasteiger partial charge in [-0.1, -0.05) is 12.1 Å². The molecule has 0 bridgehead atoms. The first-order valence-electron chi connectivity index (χ1n) is 8.74. The topological polar surface area (TPSA) is 65.4 Å². The van der Waals surface area contributed by atoms with Crippen LogP contribution in [0.15, 0.2) is 24.3 Å². The molecular weight excluding hydrogens is 302 g/mol. The van der Waals surface area contributed by atoms with Crippen molar-refractivity contribution in [1.82, 2.24) is 25.1 Å². The Morgan fingerprint density at radius 2 is 1.92 bits per heavy atom. The summed E-state index contributed by atoms with van der Waals surface area (Å²) < 4.78 is 2.25. The van der Waals surface area contributed by atoms with E-state index in [1.807, 2.05) is 6.07 Å². The second-order valence-electron chi connectivity index (χ2n) is 7.62. The van der Waals surface area contributed by atoms with Gasteiger partial charge in [-0.2, -0.15) is 0 Å². The minimum absolute atomic E-state index is 0.0174. The predicted molar refractivity (Wildman–Crippen MR) is 94.4 cm³/mol. The standard InChI is InChI=1S/C18H27N5O/c1-22(2)18(10-8-17(9-11-18)12-19-16(24)21-17)15-20-13-6-4-5-7-14(13)23(15)3/h4-7,16,19,21,24H,8-12H2,1-3H3. The number of aromatic nitrogens is 2. The highest BCUT2D eigenvalue weighted by atomic mass is 16.3. The number of rotatable bonds is 2. The van der Waals surface area contributed by atoms with Gasteiger partial charge in [-0.3, -0.25) is 15.5 Å². The molecular formula is C18H27N5O. The van der Waals surface area contributed by atoms with Crippen LogP contribution in [0.1, 0.15) is 31.5 Å². The lowest BCUT2D eigenvalue weighted by atomic mass is 9.71. The molecule has 1 saturated heterocycles. The average Bonchev–Trinajstić information content (AvgIpc) is 3.10. The monoisotopic (exact) mass is 329 g/mol. The van der Waals surface area contributed by atoms with Gasteiger partial charge in [0, 0.05) is 19.1 Å². The molecule has 2 heterocycles. The second-order valence-corrected chi connectivity index (χ2v) is 7.62. The molecule has 1 aromatic carbocycles. The molecule has 1 saturated carbocycles. The number of imidazole rings is 1. The SMILES string of the molecule is CN(C)C1(c2nc3ccccc3n2C)CCC2(CC1)CNC(O)N2. The van der Waals surface area contributed by atoms with Gasteiger partial charge in [-0.05, 0) is 51.9 Å². The van der Waals surface area contributed by atoms with E-state index in [9.17, 15) is 5.11 Å². The Balaban J connectivity index is 1.71. The number of aliphatic hydroxyl groups excluding tert-OH is 1. The van der Waals surface area contributed by atoms with Gasteiger partial charge in [-0.15, -0.1) is 0 Å².